The van der Waals surface area contributed by atoms with E-state index in [9.17, 15) is 9.59 Å². The number of rotatable bonds is 2. The van der Waals surface area contributed by atoms with Crippen molar-refractivity contribution in [3.63, 3.8) is 0 Å². The highest BCUT2D eigenvalue weighted by atomic mass is 16.5. The summed E-state index contributed by atoms with van der Waals surface area (Å²) in [7, 11) is 0. The minimum atomic E-state index is -0.138. The molecule has 5 heteroatoms. The van der Waals surface area contributed by atoms with Crippen molar-refractivity contribution in [3.8, 4) is 0 Å². The van der Waals surface area contributed by atoms with Gasteiger partial charge in [-0.25, -0.2) is 0 Å². The molecule has 2 heterocycles. The van der Waals surface area contributed by atoms with Crippen molar-refractivity contribution in [2.75, 3.05) is 6.61 Å². The van der Waals surface area contributed by atoms with Crippen LogP contribution in [0, 0.1) is 6.92 Å². The van der Waals surface area contributed by atoms with Gasteiger partial charge in [0.2, 0.25) is 5.91 Å². The second-order valence-corrected chi connectivity index (χ2v) is 4.19. The maximum Gasteiger partial charge on any atom is 0.217 e. The Morgan fingerprint density at radius 3 is 2.79 bits per heavy atom. The lowest BCUT2D eigenvalue weighted by Gasteiger charge is -2.24. The van der Waals surface area contributed by atoms with E-state index < -0.39 is 0 Å². The van der Waals surface area contributed by atoms with Gasteiger partial charge < -0.3 is 14.6 Å². The lowest BCUT2D eigenvalue weighted by atomic mass is 10.1. The first kappa shape index (κ1) is 15.4. The summed E-state index contributed by atoms with van der Waals surface area (Å²) >= 11 is 0. The molecule has 1 aliphatic heterocycles. The summed E-state index contributed by atoms with van der Waals surface area (Å²) in [5.41, 5.74) is 2.42. The van der Waals surface area contributed by atoms with Crippen LogP contribution in [0.15, 0.2) is 10.9 Å². The van der Waals surface area contributed by atoms with E-state index in [2.05, 4.69) is 9.88 Å². The van der Waals surface area contributed by atoms with E-state index in [1.807, 2.05) is 20.8 Å². The summed E-state index contributed by atoms with van der Waals surface area (Å²) in [5, 5.41) is 2.66. The number of carbonyl (C=O) groups is 1. The number of hydrogen-bond donors (Lipinski definition) is 1. The molecule has 0 fully saturated rings. The monoisotopic (exact) mass is 266 g/mol. The number of fused-ring (bicyclic) bond motifs is 1. The highest BCUT2D eigenvalue weighted by molar-refractivity contribution is 5.72. The van der Waals surface area contributed by atoms with Crippen LogP contribution in [0.3, 0.4) is 0 Å². The number of carbonyl (C=O) groups excluding carboxylic acids is 1. The van der Waals surface area contributed by atoms with Crippen molar-refractivity contribution in [2.24, 2.45) is 0 Å². The smallest absolute Gasteiger partial charge is 0.217 e. The third-order valence-corrected chi connectivity index (χ3v) is 2.95. The summed E-state index contributed by atoms with van der Waals surface area (Å²) in [4.78, 5) is 22.8. The van der Waals surface area contributed by atoms with Crippen molar-refractivity contribution in [2.45, 2.75) is 47.4 Å². The summed E-state index contributed by atoms with van der Waals surface area (Å²) in [6, 6.07) is 1.62. The highest BCUT2D eigenvalue weighted by Gasteiger charge is 2.17. The number of pyridine rings is 1. The maximum absolute atomic E-state index is 11.9. The van der Waals surface area contributed by atoms with Crippen LogP contribution in [0.1, 0.15) is 37.7 Å². The number of nitrogens with zero attached hydrogens (tertiary/aromatic N) is 1. The number of hydrogen-bond acceptors (Lipinski definition) is 3. The Bertz CT molecular complexity index is 506. The van der Waals surface area contributed by atoms with Crippen LogP contribution in [-0.2, 0) is 29.2 Å². The molecule has 1 amide bonds. The molecule has 0 aliphatic carbocycles. The fourth-order valence-corrected chi connectivity index (χ4v) is 2.08. The van der Waals surface area contributed by atoms with Gasteiger partial charge in [0.1, 0.15) is 0 Å². The Balaban J connectivity index is 0.000000861. The van der Waals surface area contributed by atoms with E-state index in [1.54, 1.807) is 6.07 Å². The Morgan fingerprint density at radius 1 is 1.47 bits per heavy atom. The predicted octanol–water partition coefficient (Wildman–Crippen LogP) is 1.35. The Kier molecular flexibility index (Phi) is 5.76. The molecule has 0 bridgehead atoms. The molecule has 106 valence electrons. The van der Waals surface area contributed by atoms with Crippen LogP contribution >= 0.6 is 0 Å². The van der Waals surface area contributed by atoms with Crippen molar-refractivity contribution in [1.82, 2.24) is 9.88 Å². The van der Waals surface area contributed by atoms with Gasteiger partial charge in [-0.15, -0.1) is 0 Å². The second kappa shape index (κ2) is 7.09. The number of aryl methyl sites for hydroxylation is 1. The molecule has 1 aromatic heterocycles. The van der Waals surface area contributed by atoms with Crippen molar-refractivity contribution < 1.29 is 9.53 Å². The summed E-state index contributed by atoms with van der Waals surface area (Å²) < 4.78 is 7.47. The average molecular weight is 266 g/mol. The standard InChI is InChI=1S/C12H16N2O3.C2H6/c1-8-5-12(16)10(6-13-9(2)15)11-7-17-4-3-14(8)11;1-2/h5H,3-4,6-7H2,1-2H3,(H,13,15);1-2H3. The molecule has 1 N–H and O–H groups in total. The van der Waals surface area contributed by atoms with Gasteiger partial charge in [-0.05, 0) is 6.92 Å². The first-order chi connectivity index (χ1) is 9.09. The van der Waals surface area contributed by atoms with Crippen LogP contribution in [0.25, 0.3) is 0 Å². The van der Waals surface area contributed by atoms with Gasteiger partial charge in [0.05, 0.1) is 18.9 Å². The van der Waals surface area contributed by atoms with Gasteiger partial charge in [-0.3, -0.25) is 9.59 Å². The van der Waals surface area contributed by atoms with Gasteiger partial charge in [-0.2, -0.15) is 0 Å². The lowest BCUT2D eigenvalue weighted by molar-refractivity contribution is -0.119. The quantitative estimate of drug-likeness (QED) is 0.879. The summed E-state index contributed by atoms with van der Waals surface area (Å²) in [6.45, 7) is 9.48. The molecule has 0 atom stereocenters. The first-order valence-corrected chi connectivity index (χ1v) is 6.64. The minimum absolute atomic E-state index is 0.0343. The summed E-state index contributed by atoms with van der Waals surface area (Å²) in [5.74, 6) is -0.138. The minimum Gasteiger partial charge on any atom is -0.373 e. The van der Waals surface area contributed by atoms with Gasteiger partial charge in [0.25, 0.3) is 0 Å². The highest BCUT2D eigenvalue weighted by Crippen LogP contribution is 2.14. The van der Waals surface area contributed by atoms with Crippen LogP contribution in [-0.4, -0.2) is 17.1 Å². The molecule has 0 aromatic carbocycles. The molecule has 2 rings (SSSR count). The zero-order valence-electron chi connectivity index (χ0n) is 12.1. The fraction of sp³-hybridized carbons (Fsp3) is 0.571. The third-order valence-electron chi connectivity index (χ3n) is 2.95. The first-order valence-electron chi connectivity index (χ1n) is 6.64. The molecule has 5 nitrogen and oxygen atoms in total. The molecule has 1 aromatic rings. The van der Waals surface area contributed by atoms with Crippen LogP contribution < -0.4 is 10.7 Å². The molecular weight excluding hydrogens is 244 g/mol. The molecule has 0 unspecified atom stereocenters. The van der Waals surface area contributed by atoms with Gasteiger partial charge in [0.15, 0.2) is 5.43 Å². The number of ether oxygens (including phenoxy) is 1. The number of nitrogens with one attached hydrogen (secondary N) is 1. The van der Waals surface area contributed by atoms with E-state index in [-0.39, 0.29) is 17.9 Å². The maximum atomic E-state index is 11.9. The van der Waals surface area contributed by atoms with Gasteiger partial charge >= 0.3 is 0 Å². The number of aromatic nitrogens is 1. The topological polar surface area (TPSA) is 60.3 Å². The van der Waals surface area contributed by atoms with Crippen LogP contribution in [0.2, 0.25) is 0 Å². The molecule has 1 aliphatic rings. The summed E-state index contributed by atoms with van der Waals surface area (Å²) in [6.07, 6.45) is 0. The molecule has 0 radical (unpaired) electrons. The average Bonchev–Trinajstić information content (AvgIpc) is 2.40. The zero-order chi connectivity index (χ0) is 14.4. The largest absolute Gasteiger partial charge is 0.373 e. The fourth-order valence-electron chi connectivity index (χ4n) is 2.08. The van der Waals surface area contributed by atoms with Gasteiger partial charge in [-0.1, -0.05) is 13.8 Å². The molecule has 19 heavy (non-hydrogen) atoms. The molecule has 0 spiro atoms. The normalized spacial score (nSPS) is 13.1. The Hall–Kier alpha value is -1.62. The van der Waals surface area contributed by atoms with E-state index >= 15 is 0 Å². The second-order valence-electron chi connectivity index (χ2n) is 4.19. The van der Waals surface area contributed by atoms with Crippen molar-refractivity contribution in [1.29, 1.82) is 0 Å². The lowest BCUT2D eigenvalue weighted by Crippen LogP contribution is -2.31. The van der Waals surface area contributed by atoms with Crippen LogP contribution in [0.4, 0.5) is 0 Å². The van der Waals surface area contributed by atoms with Gasteiger partial charge in [0, 0.05) is 37.3 Å². The Labute approximate surface area is 113 Å². The zero-order valence-corrected chi connectivity index (χ0v) is 12.1. The Morgan fingerprint density at radius 2 is 2.16 bits per heavy atom. The predicted molar refractivity (Wildman–Crippen MR) is 74.0 cm³/mol. The van der Waals surface area contributed by atoms with Crippen molar-refractivity contribution in [3.05, 3.63) is 33.2 Å². The SMILES string of the molecule is CC.CC(=O)NCc1c2n(c(C)cc1=O)CCOC2. The molecule has 0 saturated heterocycles. The molecular formula is C14H22N2O3. The van der Waals surface area contributed by atoms with E-state index in [0.717, 1.165) is 17.9 Å². The number of amides is 1. The molecule has 0 saturated carbocycles. The van der Waals surface area contributed by atoms with E-state index in [1.165, 1.54) is 6.92 Å². The van der Waals surface area contributed by atoms with E-state index in [4.69, 9.17) is 4.74 Å². The third kappa shape index (κ3) is 3.67. The van der Waals surface area contributed by atoms with Crippen molar-refractivity contribution >= 4 is 5.91 Å². The van der Waals surface area contributed by atoms with E-state index in [0.29, 0.717) is 18.8 Å². The van der Waals surface area contributed by atoms with Crippen LogP contribution in [0.5, 0.6) is 0 Å².